The van der Waals surface area contributed by atoms with E-state index in [9.17, 15) is 14.4 Å². The Morgan fingerprint density at radius 1 is 0.299 bits per heavy atom. The number of carbonyl (C=O) groups is 3. The van der Waals surface area contributed by atoms with E-state index in [1.807, 2.05) is 0 Å². The van der Waals surface area contributed by atoms with Crippen LogP contribution in [-0.2, 0) is 28.6 Å². The number of hydrogen-bond acceptors (Lipinski definition) is 6. The average Bonchev–Trinajstić information content (AvgIpc) is 3.33. The van der Waals surface area contributed by atoms with Crippen LogP contribution in [0.5, 0.6) is 0 Å². The number of hydrogen-bond donors (Lipinski definition) is 0. The van der Waals surface area contributed by atoms with Gasteiger partial charge in [0.15, 0.2) is 6.10 Å². The Hall–Kier alpha value is -2.63. The van der Waals surface area contributed by atoms with Gasteiger partial charge >= 0.3 is 17.9 Å². The van der Waals surface area contributed by atoms with Gasteiger partial charge in [-0.1, -0.05) is 243 Å². The van der Waals surface area contributed by atoms with Crippen LogP contribution < -0.4 is 0 Å². The second-order valence-electron chi connectivity index (χ2n) is 19.5. The van der Waals surface area contributed by atoms with Crippen LogP contribution in [0.3, 0.4) is 0 Å². The molecule has 0 aliphatic heterocycles. The van der Waals surface area contributed by atoms with Crippen LogP contribution in [0.4, 0.5) is 0 Å². The minimum Gasteiger partial charge on any atom is -0.462 e. The first-order valence-electron chi connectivity index (χ1n) is 29.1. The molecule has 0 aromatic heterocycles. The van der Waals surface area contributed by atoms with Crippen molar-refractivity contribution in [1.29, 1.82) is 0 Å². The van der Waals surface area contributed by atoms with Gasteiger partial charge in [-0.3, -0.25) is 14.4 Å². The van der Waals surface area contributed by atoms with E-state index in [0.29, 0.717) is 19.3 Å². The molecule has 0 aliphatic carbocycles. The number of allylic oxidation sites excluding steroid dienone is 8. The summed E-state index contributed by atoms with van der Waals surface area (Å²) < 4.78 is 16.8. The Balaban J connectivity index is 4.13. The molecule has 0 saturated heterocycles. The lowest BCUT2D eigenvalue weighted by Gasteiger charge is -2.18. The maximum atomic E-state index is 12.8. The fraction of sp³-hybridized carbons (Fsp3) is 0.820. The fourth-order valence-electron chi connectivity index (χ4n) is 8.32. The Kier molecular flexibility index (Phi) is 53.8. The maximum absolute atomic E-state index is 12.8. The number of unbranched alkanes of at least 4 members (excludes halogenated alkanes) is 34. The van der Waals surface area contributed by atoms with Crippen LogP contribution in [0.15, 0.2) is 48.6 Å². The van der Waals surface area contributed by atoms with Gasteiger partial charge in [-0.2, -0.15) is 0 Å². The Bertz CT molecular complexity index is 1170. The summed E-state index contributed by atoms with van der Waals surface area (Å²) in [4.78, 5) is 38.0. The number of rotatable bonds is 53. The average molecular weight is 940 g/mol. The number of ether oxygens (including phenoxy) is 3. The topological polar surface area (TPSA) is 78.9 Å². The van der Waals surface area contributed by atoms with E-state index in [-0.39, 0.29) is 31.1 Å². The predicted octanol–water partition coefficient (Wildman–Crippen LogP) is 19.4. The van der Waals surface area contributed by atoms with E-state index in [1.165, 1.54) is 180 Å². The Morgan fingerprint density at radius 2 is 0.552 bits per heavy atom. The van der Waals surface area contributed by atoms with Crippen LogP contribution in [0.25, 0.3) is 0 Å². The molecule has 0 amide bonds. The summed E-state index contributed by atoms with van der Waals surface area (Å²) in [6.07, 6.45) is 68.4. The monoisotopic (exact) mass is 939 g/mol. The van der Waals surface area contributed by atoms with Crippen molar-refractivity contribution in [2.45, 2.75) is 309 Å². The summed E-state index contributed by atoms with van der Waals surface area (Å²) in [7, 11) is 0. The molecule has 1 atom stereocenters. The lowest BCUT2D eigenvalue weighted by atomic mass is 10.0. The van der Waals surface area contributed by atoms with Crippen LogP contribution in [0.2, 0.25) is 0 Å². The SMILES string of the molecule is CCCC/C=C\CCCCCCCC(=O)OCC(COC(=O)CCCCCCCCCCCCCCCCC/C=C\C/C=C\CCCCCCC)OC(=O)CCCCCCC/C=C\CCCC. The summed E-state index contributed by atoms with van der Waals surface area (Å²) in [6.45, 7) is 6.56. The standard InChI is InChI=1S/C61H110O6/c1-4-7-10-13-16-19-22-23-24-25-26-27-28-29-30-31-32-33-34-35-36-37-40-42-45-48-51-54-60(63)66-57-58(67-61(64)55-52-49-46-43-39-21-18-15-12-9-6-3)56-65-59(62)53-50-47-44-41-38-20-17-14-11-8-5-2/h14-15,17-18,22-23,25-26,58H,4-13,16,19-21,24,27-57H2,1-3H3/b17-14-,18-15-,23-22-,26-25-. The first-order chi connectivity index (χ1) is 33.0. The highest BCUT2D eigenvalue weighted by molar-refractivity contribution is 5.71. The van der Waals surface area contributed by atoms with Crippen molar-refractivity contribution >= 4 is 17.9 Å². The third-order valence-electron chi connectivity index (χ3n) is 12.8. The van der Waals surface area contributed by atoms with Gasteiger partial charge in [-0.15, -0.1) is 0 Å². The summed E-state index contributed by atoms with van der Waals surface area (Å²) in [5.41, 5.74) is 0. The van der Waals surface area contributed by atoms with Crippen molar-refractivity contribution in [2.75, 3.05) is 13.2 Å². The lowest BCUT2D eigenvalue weighted by Crippen LogP contribution is -2.30. The fourth-order valence-corrected chi connectivity index (χ4v) is 8.32. The first kappa shape index (κ1) is 64.4. The third-order valence-corrected chi connectivity index (χ3v) is 12.8. The molecule has 0 aromatic rings. The molecular weight excluding hydrogens is 829 g/mol. The van der Waals surface area contributed by atoms with Gasteiger partial charge in [0.05, 0.1) is 0 Å². The molecule has 0 N–H and O–H groups in total. The summed E-state index contributed by atoms with van der Waals surface area (Å²) in [5, 5.41) is 0. The molecule has 0 aliphatic rings. The largest absolute Gasteiger partial charge is 0.462 e. The van der Waals surface area contributed by atoms with Crippen LogP contribution >= 0.6 is 0 Å². The molecule has 0 heterocycles. The molecule has 0 rings (SSSR count). The van der Waals surface area contributed by atoms with Crippen molar-refractivity contribution in [2.24, 2.45) is 0 Å². The van der Waals surface area contributed by atoms with Crippen LogP contribution in [0.1, 0.15) is 303 Å². The molecule has 0 spiro atoms. The van der Waals surface area contributed by atoms with Gasteiger partial charge < -0.3 is 14.2 Å². The minimum absolute atomic E-state index is 0.0772. The summed E-state index contributed by atoms with van der Waals surface area (Å²) >= 11 is 0. The zero-order valence-electron chi connectivity index (χ0n) is 44.7. The van der Waals surface area contributed by atoms with E-state index in [1.54, 1.807) is 0 Å². The summed E-state index contributed by atoms with van der Waals surface area (Å²) in [5.74, 6) is -0.888. The van der Waals surface area contributed by atoms with E-state index in [0.717, 1.165) is 83.5 Å². The van der Waals surface area contributed by atoms with Gasteiger partial charge in [-0.05, 0) is 89.9 Å². The van der Waals surface area contributed by atoms with Gasteiger partial charge in [0.25, 0.3) is 0 Å². The van der Waals surface area contributed by atoms with E-state index >= 15 is 0 Å². The second-order valence-corrected chi connectivity index (χ2v) is 19.5. The molecular formula is C61H110O6. The van der Waals surface area contributed by atoms with Crippen molar-refractivity contribution in [3.05, 3.63) is 48.6 Å². The Morgan fingerprint density at radius 3 is 0.881 bits per heavy atom. The molecule has 6 heteroatoms. The van der Waals surface area contributed by atoms with Crippen molar-refractivity contribution < 1.29 is 28.6 Å². The number of carbonyl (C=O) groups excluding carboxylic acids is 3. The van der Waals surface area contributed by atoms with Gasteiger partial charge in [0.2, 0.25) is 0 Å². The smallest absolute Gasteiger partial charge is 0.306 e. The van der Waals surface area contributed by atoms with Gasteiger partial charge in [-0.25, -0.2) is 0 Å². The molecule has 0 fully saturated rings. The predicted molar refractivity (Wildman–Crippen MR) is 289 cm³/mol. The van der Waals surface area contributed by atoms with Crippen molar-refractivity contribution in [3.63, 3.8) is 0 Å². The van der Waals surface area contributed by atoms with Crippen molar-refractivity contribution in [1.82, 2.24) is 0 Å². The Labute approximate surface area is 416 Å². The maximum Gasteiger partial charge on any atom is 0.306 e. The molecule has 0 aromatic carbocycles. The molecule has 1 unspecified atom stereocenters. The van der Waals surface area contributed by atoms with E-state index in [2.05, 4.69) is 69.4 Å². The zero-order valence-corrected chi connectivity index (χ0v) is 44.7. The zero-order chi connectivity index (χ0) is 48.6. The molecule has 67 heavy (non-hydrogen) atoms. The molecule has 390 valence electrons. The molecule has 0 bridgehead atoms. The normalized spacial score (nSPS) is 12.3. The van der Waals surface area contributed by atoms with E-state index < -0.39 is 6.10 Å². The molecule has 6 nitrogen and oxygen atoms in total. The second kappa shape index (κ2) is 56.0. The highest BCUT2D eigenvalue weighted by Crippen LogP contribution is 2.16. The summed E-state index contributed by atoms with van der Waals surface area (Å²) in [6, 6.07) is 0. The van der Waals surface area contributed by atoms with Crippen LogP contribution in [0, 0.1) is 0 Å². The highest BCUT2D eigenvalue weighted by Gasteiger charge is 2.19. The minimum atomic E-state index is -0.778. The van der Waals surface area contributed by atoms with Crippen LogP contribution in [-0.4, -0.2) is 37.2 Å². The first-order valence-corrected chi connectivity index (χ1v) is 29.1. The third kappa shape index (κ3) is 54.2. The quantitative estimate of drug-likeness (QED) is 0.0262. The van der Waals surface area contributed by atoms with Gasteiger partial charge in [0, 0.05) is 19.3 Å². The highest BCUT2D eigenvalue weighted by atomic mass is 16.6. The molecule has 0 radical (unpaired) electrons. The number of esters is 3. The van der Waals surface area contributed by atoms with Crippen molar-refractivity contribution in [3.8, 4) is 0 Å². The van der Waals surface area contributed by atoms with Gasteiger partial charge in [0.1, 0.15) is 13.2 Å². The van der Waals surface area contributed by atoms with E-state index in [4.69, 9.17) is 14.2 Å². The lowest BCUT2D eigenvalue weighted by molar-refractivity contribution is -0.167. The molecule has 0 saturated carbocycles.